The van der Waals surface area contributed by atoms with Gasteiger partial charge in [-0.25, -0.2) is 0 Å². The predicted octanol–water partition coefficient (Wildman–Crippen LogP) is 1.79. The summed E-state index contributed by atoms with van der Waals surface area (Å²) in [6.07, 6.45) is 6.38. The van der Waals surface area contributed by atoms with E-state index in [1.165, 1.54) is 31.5 Å². The van der Waals surface area contributed by atoms with Crippen LogP contribution < -0.4 is 0 Å². The molecular formula is C11H16ClNO. The van der Waals surface area contributed by atoms with E-state index in [2.05, 4.69) is 4.90 Å². The maximum Gasteiger partial charge on any atom is 0.155 e. The van der Waals surface area contributed by atoms with Crippen LogP contribution >= 0.6 is 12.4 Å². The predicted molar refractivity (Wildman–Crippen MR) is 57.7 cm³/mol. The number of piperidine rings is 3. The van der Waals surface area contributed by atoms with E-state index in [1.54, 1.807) is 0 Å². The van der Waals surface area contributed by atoms with E-state index in [0.717, 1.165) is 18.8 Å². The average molecular weight is 214 g/mol. The summed E-state index contributed by atoms with van der Waals surface area (Å²) in [4.78, 5) is 13.9. The Morgan fingerprint density at radius 2 is 1.93 bits per heavy atom. The van der Waals surface area contributed by atoms with Crippen LogP contribution in [0.2, 0.25) is 0 Å². The van der Waals surface area contributed by atoms with Gasteiger partial charge in [0.2, 0.25) is 0 Å². The largest absolute Gasteiger partial charge is 0.297 e. The molecule has 0 aromatic rings. The molecule has 78 valence electrons. The Kier molecular flexibility index (Phi) is 2.67. The smallest absolute Gasteiger partial charge is 0.155 e. The van der Waals surface area contributed by atoms with Gasteiger partial charge in [-0.05, 0) is 49.9 Å². The Hall–Kier alpha value is -0.340. The van der Waals surface area contributed by atoms with Gasteiger partial charge in [0.1, 0.15) is 0 Å². The Labute approximate surface area is 90.8 Å². The molecule has 14 heavy (non-hydrogen) atoms. The number of rotatable bonds is 0. The Morgan fingerprint density at radius 1 is 1.21 bits per heavy atom. The van der Waals surface area contributed by atoms with E-state index in [9.17, 15) is 4.79 Å². The SMILES string of the molecule is Cl.O=C1C=C2C3CCN(CC3)C2CC1. The fourth-order valence-corrected chi connectivity index (χ4v) is 3.13. The van der Waals surface area contributed by atoms with Crippen LogP contribution in [0.1, 0.15) is 25.7 Å². The molecule has 3 aliphatic heterocycles. The van der Waals surface area contributed by atoms with E-state index in [0.29, 0.717) is 11.8 Å². The summed E-state index contributed by atoms with van der Waals surface area (Å²) >= 11 is 0. The monoisotopic (exact) mass is 213 g/mol. The van der Waals surface area contributed by atoms with Gasteiger partial charge in [0, 0.05) is 12.5 Å². The summed E-state index contributed by atoms with van der Waals surface area (Å²) in [5.41, 5.74) is 1.47. The quantitative estimate of drug-likeness (QED) is 0.612. The zero-order chi connectivity index (χ0) is 8.84. The van der Waals surface area contributed by atoms with Gasteiger partial charge in [0.25, 0.3) is 0 Å². The number of nitrogens with zero attached hydrogens (tertiary/aromatic N) is 1. The zero-order valence-electron chi connectivity index (χ0n) is 8.24. The van der Waals surface area contributed by atoms with Crippen molar-refractivity contribution in [3.05, 3.63) is 11.6 Å². The summed E-state index contributed by atoms with van der Waals surface area (Å²) in [6.45, 7) is 2.53. The highest BCUT2D eigenvalue weighted by Gasteiger charge is 2.39. The normalized spacial score (nSPS) is 39.9. The minimum Gasteiger partial charge on any atom is -0.297 e. The average Bonchev–Trinajstić information content (AvgIpc) is 2.19. The van der Waals surface area contributed by atoms with E-state index in [1.807, 2.05) is 6.08 Å². The molecule has 2 bridgehead atoms. The molecule has 0 saturated carbocycles. The highest BCUT2D eigenvalue weighted by molar-refractivity contribution is 5.91. The number of carbonyl (C=O) groups is 1. The molecule has 3 saturated heterocycles. The van der Waals surface area contributed by atoms with Gasteiger partial charge in [-0.2, -0.15) is 0 Å². The summed E-state index contributed by atoms with van der Waals surface area (Å²) in [7, 11) is 0. The molecule has 0 N–H and O–H groups in total. The van der Waals surface area contributed by atoms with Crippen molar-refractivity contribution in [3.63, 3.8) is 0 Å². The molecule has 0 radical (unpaired) electrons. The van der Waals surface area contributed by atoms with Crippen LogP contribution in [-0.4, -0.2) is 29.8 Å². The van der Waals surface area contributed by atoms with Gasteiger partial charge >= 0.3 is 0 Å². The number of allylic oxidation sites excluding steroid dienone is 1. The number of fused-ring (bicyclic) bond motifs is 2. The van der Waals surface area contributed by atoms with Gasteiger partial charge in [0.15, 0.2) is 5.78 Å². The third kappa shape index (κ3) is 1.41. The maximum absolute atomic E-state index is 11.3. The molecule has 0 amide bonds. The molecule has 0 spiro atoms. The first-order valence-corrected chi connectivity index (χ1v) is 5.33. The second kappa shape index (κ2) is 3.67. The third-order valence-electron chi connectivity index (χ3n) is 3.82. The fraction of sp³-hybridized carbons (Fsp3) is 0.727. The number of ketones is 1. The summed E-state index contributed by atoms with van der Waals surface area (Å²) in [5, 5.41) is 0. The molecule has 0 aromatic heterocycles. The maximum atomic E-state index is 11.3. The van der Waals surface area contributed by atoms with Crippen molar-refractivity contribution < 1.29 is 4.79 Å². The highest BCUT2D eigenvalue weighted by Crippen LogP contribution is 2.40. The first-order valence-electron chi connectivity index (χ1n) is 5.33. The van der Waals surface area contributed by atoms with Crippen molar-refractivity contribution in [2.24, 2.45) is 5.92 Å². The topological polar surface area (TPSA) is 20.3 Å². The van der Waals surface area contributed by atoms with E-state index in [4.69, 9.17) is 0 Å². The number of hydrogen-bond acceptors (Lipinski definition) is 2. The lowest BCUT2D eigenvalue weighted by atomic mass is 9.74. The second-order valence-electron chi connectivity index (χ2n) is 4.48. The van der Waals surface area contributed by atoms with Crippen LogP contribution in [0, 0.1) is 5.92 Å². The molecule has 0 aromatic carbocycles. The Balaban J connectivity index is 0.000000750. The highest BCUT2D eigenvalue weighted by atomic mass is 35.5. The van der Waals surface area contributed by atoms with Crippen LogP contribution in [0.3, 0.4) is 0 Å². The molecular weight excluding hydrogens is 198 g/mol. The molecule has 2 nitrogen and oxygen atoms in total. The molecule has 4 aliphatic rings. The third-order valence-corrected chi connectivity index (χ3v) is 3.82. The molecule has 4 rings (SSSR count). The van der Waals surface area contributed by atoms with E-state index >= 15 is 0 Å². The number of hydrogen-bond donors (Lipinski definition) is 0. The lowest BCUT2D eigenvalue weighted by molar-refractivity contribution is -0.115. The lowest BCUT2D eigenvalue weighted by Gasteiger charge is -2.48. The van der Waals surface area contributed by atoms with Gasteiger partial charge in [-0.1, -0.05) is 0 Å². The summed E-state index contributed by atoms with van der Waals surface area (Å²) in [6, 6.07) is 0.644. The minimum absolute atomic E-state index is 0. The number of halogens is 1. The van der Waals surface area contributed by atoms with Crippen LogP contribution in [0.4, 0.5) is 0 Å². The van der Waals surface area contributed by atoms with Crippen LogP contribution in [0.5, 0.6) is 0 Å². The second-order valence-corrected chi connectivity index (χ2v) is 4.48. The van der Waals surface area contributed by atoms with Crippen molar-refractivity contribution in [2.75, 3.05) is 13.1 Å². The van der Waals surface area contributed by atoms with Crippen LogP contribution in [-0.2, 0) is 4.79 Å². The molecule has 1 atom stereocenters. The molecule has 1 aliphatic carbocycles. The van der Waals surface area contributed by atoms with E-state index < -0.39 is 0 Å². The first kappa shape index (κ1) is 10.2. The van der Waals surface area contributed by atoms with Gasteiger partial charge in [-0.3, -0.25) is 9.69 Å². The molecule has 3 heterocycles. The Bertz CT molecular complexity index is 279. The van der Waals surface area contributed by atoms with Crippen molar-refractivity contribution in [2.45, 2.75) is 31.7 Å². The van der Waals surface area contributed by atoms with Crippen LogP contribution in [0.15, 0.2) is 11.6 Å². The van der Waals surface area contributed by atoms with Gasteiger partial charge < -0.3 is 0 Å². The number of carbonyl (C=O) groups excluding carboxylic acids is 1. The van der Waals surface area contributed by atoms with Crippen molar-refractivity contribution in [1.29, 1.82) is 0 Å². The lowest BCUT2D eigenvalue weighted by Crippen LogP contribution is -2.51. The minimum atomic E-state index is 0. The van der Waals surface area contributed by atoms with Crippen LogP contribution in [0.25, 0.3) is 0 Å². The van der Waals surface area contributed by atoms with Crippen molar-refractivity contribution in [3.8, 4) is 0 Å². The zero-order valence-corrected chi connectivity index (χ0v) is 9.05. The molecule has 3 fully saturated rings. The van der Waals surface area contributed by atoms with Gasteiger partial charge in [-0.15, -0.1) is 12.4 Å². The molecule has 3 heteroatoms. The summed E-state index contributed by atoms with van der Waals surface area (Å²) in [5.74, 6) is 1.11. The first-order chi connectivity index (χ1) is 6.34. The Morgan fingerprint density at radius 3 is 2.64 bits per heavy atom. The standard InChI is InChI=1S/C11H15NO.ClH/c13-9-1-2-11-10(7-9)8-3-5-12(11)6-4-8;/h7-8,11H,1-6H2;1H. The van der Waals surface area contributed by atoms with Gasteiger partial charge in [0.05, 0.1) is 0 Å². The van der Waals surface area contributed by atoms with E-state index in [-0.39, 0.29) is 12.4 Å². The molecule has 1 unspecified atom stereocenters. The fourth-order valence-electron chi connectivity index (χ4n) is 3.13. The summed E-state index contributed by atoms with van der Waals surface area (Å²) < 4.78 is 0. The van der Waals surface area contributed by atoms with Crippen molar-refractivity contribution in [1.82, 2.24) is 4.90 Å². The van der Waals surface area contributed by atoms with Crippen molar-refractivity contribution >= 4 is 18.2 Å².